The summed E-state index contributed by atoms with van der Waals surface area (Å²) < 4.78 is 15.3. The highest BCUT2D eigenvalue weighted by Crippen LogP contribution is 2.19. The van der Waals surface area contributed by atoms with Gasteiger partial charge in [0.2, 0.25) is 11.3 Å². The first-order chi connectivity index (χ1) is 14.9. The molecule has 154 valence electrons. The van der Waals surface area contributed by atoms with Gasteiger partial charge in [0.05, 0.1) is 16.8 Å². The molecule has 4 rings (SSSR count). The van der Waals surface area contributed by atoms with E-state index in [1.165, 1.54) is 59.6 Å². The molecule has 8 heteroatoms. The average molecular weight is 436 g/mol. The summed E-state index contributed by atoms with van der Waals surface area (Å²) in [5, 5.41) is 3.02. The van der Waals surface area contributed by atoms with E-state index in [2.05, 4.69) is 10.3 Å². The fourth-order valence-electron chi connectivity index (χ4n) is 3.23. The number of carbonyl (C=O) groups excluding carboxylic acids is 2. The lowest BCUT2D eigenvalue weighted by Crippen LogP contribution is -2.24. The molecular formula is C23H15ClFN3O3. The molecule has 0 radical (unpaired) electrons. The summed E-state index contributed by atoms with van der Waals surface area (Å²) in [6, 6.07) is 13.4. The van der Waals surface area contributed by atoms with E-state index < -0.39 is 22.9 Å². The van der Waals surface area contributed by atoms with Crippen LogP contribution < -0.4 is 10.7 Å². The van der Waals surface area contributed by atoms with Crippen LogP contribution in [0.5, 0.6) is 0 Å². The Morgan fingerprint density at radius 2 is 1.81 bits per heavy atom. The summed E-state index contributed by atoms with van der Waals surface area (Å²) >= 11 is 6.06. The molecule has 0 spiro atoms. The lowest BCUT2D eigenvalue weighted by atomic mass is 10.0. The fourth-order valence-corrected chi connectivity index (χ4v) is 3.40. The molecule has 0 unspecified atom stereocenters. The highest BCUT2D eigenvalue weighted by atomic mass is 35.5. The van der Waals surface area contributed by atoms with Crippen molar-refractivity contribution in [3.8, 4) is 0 Å². The van der Waals surface area contributed by atoms with Crippen molar-refractivity contribution in [2.45, 2.75) is 6.54 Å². The SMILES string of the molecule is O=C(Cn1cc(C(=O)c2ccncc2)c(=O)c2cc(Cl)ccc21)Nc1ccccc1F. The topological polar surface area (TPSA) is 81.1 Å². The van der Waals surface area contributed by atoms with E-state index in [4.69, 9.17) is 11.6 Å². The van der Waals surface area contributed by atoms with E-state index in [1.54, 1.807) is 18.2 Å². The predicted molar refractivity (Wildman–Crippen MR) is 116 cm³/mol. The number of para-hydroxylation sites is 1. The van der Waals surface area contributed by atoms with Crippen molar-refractivity contribution in [3.05, 3.63) is 105 Å². The number of benzene rings is 2. The number of hydrogen-bond donors (Lipinski definition) is 1. The Balaban J connectivity index is 1.78. The van der Waals surface area contributed by atoms with Crippen molar-refractivity contribution in [2.75, 3.05) is 5.32 Å². The molecule has 31 heavy (non-hydrogen) atoms. The summed E-state index contributed by atoms with van der Waals surface area (Å²) in [6.45, 7) is -0.247. The number of ketones is 1. The second-order valence-electron chi connectivity index (χ2n) is 6.75. The van der Waals surface area contributed by atoms with Gasteiger partial charge in [-0.1, -0.05) is 23.7 Å². The van der Waals surface area contributed by atoms with Crippen LogP contribution in [0.15, 0.2) is 78.0 Å². The van der Waals surface area contributed by atoms with Crippen LogP contribution in [0.2, 0.25) is 5.02 Å². The normalized spacial score (nSPS) is 10.8. The molecule has 1 N–H and O–H groups in total. The first kappa shape index (κ1) is 20.4. The lowest BCUT2D eigenvalue weighted by molar-refractivity contribution is -0.116. The monoisotopic (exact) mass is 435 g/mol. The van der Waals surface area contributed by atoms with Gasteiger partial charge in [0.1, 0.15) is 12.4 Å². The van der Waals surface area contributed by atoms with Crippen LogP contribution in [-0.2, 0) is 11.3 Å². The fraction of sp³-hybridized carbons (Fsp3) is 0.0435. The first-order valence-electron chi connectivity index (χ1n) is 9.26. The largest absolute Gasteiger partial charge is 0.337 e. The number of aromatic nitrogens is 2. The summed E-state index contributed by atoms with van der Waals surface area (Å²) in [4.78, 5) is 42.4. The van der Waals surface area contributed by atoms with Gasteiger partial charge < -0.3 is 9.88 Å². The van der Waals surface area contributed by atoms with Crippen LogP contribution in [0.1, 0.15) is 15.9 Å². The quantitative estimate of drug-likeness (QED) is 0.479. The van der Waals surface area contributed by atoms with E-state index in [9.17, 15) is 18.8 Å². The number of amides is 1. The number of pyridine rings is 2. The summed E-state index contributed by atoms with van der Waals surface area (Å²) in [5.41, 5.74) is 0.138. The van der Waals surface area contributed by atoms with Crippen LogP contribution in [-0.4, -0.2) is 21.2 Å². The molecule has 6 nitrogen and oxygen atoms in total. The van der Waals surface area contributed by atoms with Crippen molar-refractivity contribution in [2.24, 2.45) is 0 Å². The third kappa shape index (κ3) is 4.22. The molecule has 2 heterocycles. The highest BCUT2D eigenvalue weighted by Gasteiger charge is 2.18. The number of halogens is 2. The number of rotatable bonds is 5. The molecule has 0 saturated carbocycles. The summed E-state index contributed by atoms with van der Waals surface area (Å²) in [7, 11) is 0. The van der Waals surface area contributed by atoms with Crippen LogP contribution in [0.4, 0.5) is 10.1 Å². The number of nitrogens with zero attached hydrogens (tertiary/aromatic N) is 2. The maximum Gasteiger partial charge on any atom is 0.244 e. The standard InChI is InChI=1S/C23H15ClFN3O3/c24-15-5-6-20-16(11-15)23(31)17(22(30)14-7-9-26-10-8-14)12-28(20)13-21(29)27-19-4-2-1-3-18(19)25/h1-12H,13H2,(H,27,29). The van der Waals surface area contributed by atoms with Crippen molar-refractivity contribution in [3.63, 3.8) is 0 Å². The Labute approximate surface area is 180 Å². The van der Waals surface area contributed by atoms with Gasteiger partial charge in [-0.2, -0.15) is 0 Å². The zero-order valence-corrected chi connectivity index (χ0v) is 16.8. The van der Waals surface area contributed by atoms with Crippen molar-refractivity contribution < 1.29 is 14.0 Å². The number of nitrogens with one attached hydrogen (secondary N) is 1. The third-order valence-corrected chi connectivity index (χ3v) is 4.93. The second kappa shape index (κ2) is 8.49. The molecule has 1 amide bonds. The van der Waals surface area contributed by atoms with E-state index in [-0.39, 0.29) is 28.7 Å². The highest BCUT2D eigenvalue weighted by molar-refractivity contribution is 6.31. The first-order valence-corrected chi connectivity index (χ1v) is 9.63. The summed E-state index contributed by atoms with van der Waals surface area (Å²) in [5.74, 6) is -1.59. The van der Waals surface area contributed by atoms with Gasteiger partial charge in [-0.3, -0.25) is 19.4 Å². The number of anilines is 1. The predicted octanol–water partition coefficient (Wildman–Crippen LogP) is 4.06. The van der Waals surface area contributed by atoms with Gasteiger partial charge >= 0.3 is 0 Å². The maximum absolute atomic E-state index is 13.9. The number of hydrogen-bond acceptors (Lipinski definition) is 4. The zero-order valence-electron chi connectivity index (χ0n) is 16.0. The van der Waals surface area contributed by atoms with Gasteiger partial charge in [-0.05, 0) is 42.5 Å². The van der Waals surface area contributed by atoms with Gasteiger partial charge in [0.15, 0.2) is 5.78 Å². The van der Waals surface area contributed by atoms with Crippen molar-refractivity contribution >= 4 is 39.9 Å². The third-order valence-electron chi connectivity index (χ3n) is 4.69. The Bertz CT molecular complexity index is 1370. The van der Waals surface area contributed by atoms with Crippen LogP contribution >= 0.6 is 11.6 Å². The molecule has 0 saturated heterocycles. The molecule has 0 bridgehead atoms. The minimum Gasteiger partial charge on any atom is -0.337 e. The van der Waals surface area contributed by atoms with Crippen LogP contribution in [0, 0.1) is 5.82 Å². The minimum atomic E-state index is -0.569. The molecule has 0 atom stereocenters. The van der Waals surface area contributed by atoms with Gasteiger partial charge in [0, 0.05) is 34.6 Å². The van der Waals surface area contributed by atoms with Crippen molar-refractivity contribution in [1.29, 1.82) is 0 Å². The molecule has 0 aliphatic heterocycles. The molecule has 2 aromatic carbocycles. The molecule has 2 aromatic heterocycles. The lowest BCUT2D eigenvalue weighted by Gasteiger charge is -2.14. The molecule has 0 fully saturated rings. The second-order valence-corrected chi connectivity index (χ2v) is 7.19. The Morgan fingerprint density at radius 1 is 1.06 bits per heavy atom. The Kier molecular flexibility index (Phi) is 5.60. The maximum atomic E-state index is 13.9. The number of carbonyl (C=O) groups is 2. The molecular weight excluding hydrogens is 421 g/mol. The van der Waals surface area contributed by atoms with Crippen LogP contribution in [0.3, 0.4) is 0 Å². The molecule has 0 aliphatic rings. The van der Waals surface area contributed by atoms with E-state index >= 15 is 0 Å². The van der Waals surface area contributed by atoms with Crippen molar-refractivity contribution in [1.82, 2.24) is 9.55 Å². The smallest absolute Gasteiger partial charge is 0.244 e. The Morgan fingerprint density at radius 3 is 2.55 bits per heavy atom. The van der Waals surface area contributed by atoms with Crippen LogP contribution in [0.25, 0.3) is 10.9 Å². The average Bonchev–Trinajstić information content (AvgIpc) is 2.77. The zero-order chi connectivity index (χ0) is 22.0. The number of fused-ring (bicyclic) bond motifs is 1. The van der Waals surface area contributed by atoms with E-state index in [0.29, 0.717) is 10.5 Å². The minimum absolute atomic E-state index is 0.0361. The molecule has 4 aromatic rings. The van der Waals surface area contributed by atoms with Gasteiger partial charge in [-0.15, -0.1) is 0 Å². The molecule has 0 aliphatic carbocycles. The Hall–Kier alpha value is -3.84. The van der Waals surface area contributed by atoms with E-state index in [0.717, 1.165) is 0 Å². The van der Waals surface area contributed by atoms with Gasteiger partial charge in [-0.25, -0.2) is 4.39 Å². The van der Waals surface area contributed by atoms with Gasteiger partial charge in [0.25, 0.3) is 0 Å². The van der Waals surface area contributed by atoms with E-state index in [1.807, 2.05) is 0 Å². The summed E-state index contributed by atoms with van der Waals surface area (Å²) in [6.07, 6.45) is 4.24.